The summed E-state index contributed by atoms with van der Waals surface area (Å²) in [6.07, 6.45) is 1.64. The number of nitrogens with zero attached hydrogens (tertiary/aromatic N) is 3. The topological polar surface area (TPSA) is 47.2 Å². The second-order valence-corrected chi connectivity index (χ2v) is 4.92. The van der Waals surface area contributed by atoms with Crippen molar-refractivity contribution in [1.29, 1.82) is 0 Å². The minimum absolute atomic E-state index is 0.310. The lowest BCUT2D eigenvalue weighted by Gasteiger charge is -2.23. The van der Waals surface area contributed by atoms with Gasteiger partial charge in [0.25, 0.3) is 5.56 Å². The number of hydrogen-bond donors (Lipinski definition) is 0. The van der Waals surface area contributed by atoms with Gasteiger partial charge in [-0.15, -0.1) is 6.58 Å². The van der Waals surface area contributed by atoms with E-state index < -0.39 is 0 Å². The Morgan fingerprint density at radius 3 is 2.52 bits per heavy atom. The Bertz CT molecular complexity index is 744. The van der Waals surface area contributed by atoms with Crippen molar-refractivity contribution in [3.63, 3.8) is 0 Å². The maximum Gasteiger partial charge on any atom is 0.332 e. The number of aromatic nitrogens is 2. The van der Waals surface area contributed by atoms with Crippen LogP contribution in [0.15, 0.2) is 58.6 Å². The summed E-state index contributed by atoms with van der Waals surface area (Å²) in [6.45, 7) is 4.65. The van der Waals surface area contributed by atoms with Gasteiger partial charge in [0.2, 0.25) is 0 Å². The molecular formula is C16H19N3O2. The first-order valence-corrected chi connectivity index (χ1v) is 6.71. The van der Waals surface area contributed by atoms with E-state index >= 15 is 0 Å². The van der Waals surface area contributed by atoms with E-state index in [0.29, 0.717) is 18.9 Å². The summed E-state index contributed by atoms with van der Waals surface area (Å²) in [5, 5.41) is 0. The van der Waals surface area contributed by atoms with Crippen molar-refractivity contribution < 1.29 is 0 Å². The Balaban J connectivity index is 2.45. The zero-order chi connectivity index (χ0) is 15.4. The molecule has 21 heavy (non-hydrogen) atoms. The molecule has 2 aromatic rings. The molecule has 0 amide bonds. The van der Waals surface area contributed by atoms with E-state index in [2.05, 4.69) is 6.58 Å². The van der Waals surface area contributed by atoms with E-state index in [9.17, 15) is 9.59 Å². The molecule has 0 spiro atoms. The fraction of sp³-hybridized carbons (Fsp3) is 0.250. The van der Waals surface area contributed by atoms with Crippen LogP contribution in [0.1, 0.15) is 5.56 Å². The molecule has 0 fully saturated rings. The van der Waals surface area contributed by atoms with Crippen LogP contribution in [0, 0.1) is 0 Å². The molecule has 1 aromatic heterocycles. The third kappa shape index (κ3) is 3.13. The average Bonchev–Trinajstić information content (AvgIpc) is 2.48. The first-order chi connectivity index (χ1) is 10.0. The molecular weight excluding hydrogens is 266 g/mol. The highest BCUT2D eigenvalue weighted by molar-refractivity contribution is 5.39. The van der Waals surface area contributed by atoms with E-state index in [1.54, 1.807) is 6.08 Å². The third-order valence-corrected chi connectivity index (χ3v) is 3.34. The average molecular weight is 285 g/mol. The fourth-order valence-corrected chi connectivity index (χ4v) is 2.21. The molecule has 0 aliphatic heterocycles. The number of anilines is 1. The van der Waals surface area contributed by atoms with Gasteiger partial charge in [-0.3, -0.25) is 13.9 Å². The van der Waals surface area contributed by atoms with Crippen LogP contribution in [0.25, 0.3) is 0 Å². The van der Waals surface area contributed by atoms with Gasteiger partial charge in [-0.05, 0) is 5.56 Å². The summed E-state index contributed by atoms with van der Waals surface area (Å²) in [5.74, 6) is 0.590. The van der Waals surface area contributed by atoms with Gasteiger partial charge in [0.1, 0.15) is 5.82 Å². The number of rotatable bonds is 5. The monoisotopic (exact) mass is 285 g/mol. The Morgan fingerprint density at radius 2 is 1.90 bits per heavy atom. The van der Waals surface area contributed by atoms with Gasteiger partial charge in [0.05, 0.1) is 0 Å². The SMILES string of the molecule is C=CCn1c(N(C)Cc2ccccc2)cc(=O)n(C)c1=O. The molecule has 1 aromatic carbocycles. The second kappa shape index (κ2) is 6.26. The molecule has 0 radical (unpaired) electrons. The molecule has 0 saturated heterocycles. The van der Waals surface area contributed by atoms with Crippen molar-refractivity contribution in [2.45, 2.75) is 13.1 Å². The molecule has 0 saturated carbocycles. The van der Waals surface area contributed by atoms with Crippen molar-refractivity contribution in [3.05, 3.63) is 75.5 Å². The summed E-state index contributed by atoms with van der Waals surface area (Å²) >= 11 is 0. The molecule has 2 rings (SSSR count). The van der Waals surface area contributed by atoms with Crippen LogP contribution in [0.5, 0.6) is 0 Å². The molecule has 0 bridgehead atoms. The van der Waals surface area contributed by atoms with Crippen LogP contribution >= 0.6 is 0 Å². The van der Waals surface area contributed by atoms with Crippen LogP contribution in [-0.2, 0) is 20.1 Å². The van der Waals surface area contributed by atoms with Crippen molar-refractivity contribution in [2.75, 3.05) is 11.9 Å². The summed E-state index contributed by atoms with van der Waals surface area (Å²) in [4.78, 5) is 26.0. The number of hydrogen-bond acceptors (Lipinski definition) is 3. The molecule has 5 heteroatoms. The lowest BCUT2D eigenvalue weighted by molar-refractivity contribution is 0.641. The molecule has 0 unspecified atom stereocenters. The van der Waals surface area contributed by atoms with Gasteiger partial charge in [-0.1, -0.05) is 36.4 Å². The number of benzene rings is 1. The van der Waals surface area contributed by atoms with E-state index in [-0.39, 0.29) is 11.2 Å². The normalized spacial score (nSPS) is 10.4. The van der Waals surface area contributed by atoms with Crippen molar-refractivity contribution in [2.24, 2.45) is 7.05 Å². The van der Waals surface area contributed by atoms with Crippen LogP contribution < -0.4 is 16.1 Å². The molecule has 0 aliphatic carbocycles. The Kier molecular flexibility index (Phi) is 4.42. The van der Waals surface area contributed by atoms with Crippen LogP contribution in [0.4, 0.5) is 5.82 Å². The van der Waals surface area contributed by atoms with Gasteiger partial charge >= 0.3 is 5.69 Å². The Labute approximate surface area is 123 Å². The van der Waals surface area contributed by atoms with Crippen LogP contribution in [0.3, 0.4) is 0 Å². The van der Waals surface area contributed by atoms with Crippen LogP contribution in [0.2, 0.25) is 0 Å². The Morgan fingerprint density at radius 1 is 1.24 bits per heavy atom. The summed E-state index contributed by atoms with van der Waals surface area (Å²) < 4.78 is 2.64. The highest BCUT2D eigenvalue weighted by Crippen LogP contribution is 2.12. The lowest BCUT2D eigenvalue weighted by Crippen LogP contribution is -2.40. The second-order valence-electron chi connectivity index (χ2n) is 4.92. The number of allylic oxidation sites excluding steroid dienone is 1. The van der Waals surface area contributed by atoms with Crippen LogP contribution in [-0.4, -0.2) is 16.2 Å². The minimum atomic E-state index is -0.336. The van der Waals surface area contributed by atoms with Gasteiger partial charge in [-0.25, -0.2) is 4.79 Å². The van der Waals surface area contributed by atoms with Gasteiger partial charge in [0.15, 0.2) is 0 Å². The zero-order valence-corrected chi connectivity index (χ0v) is 12.3. The largest absolute Gasteiger partial charge is 0.356 e. The first kappa shape index (κ1) is 14.8. The predicted molar refractivity (Wildman–Crippen MR) is 84.7 cm³/mol. The Hall–Kier alpha value is -2.56. The smallest absolute Gasteiger partial charge is 0.332 e. The van der Waals surface area contributed by atoms with E-state index in [1.165, 1.54) is 17.7 Å². The van der Waals surface area contributed by atoms with Crippen molar-refractivity contribution in [3.8, 4) is 0 Å². The molecule has 0 atom stereocenters. The van der Waals surface area contributed by atoms with Crippen molar-refractivity contribution in [1.82, 2.24) is 9.13 Å². The molecule has 5 nitrogen and oxygen atoms in total. The van der Waals surface area contributed by atoms with E-state index in [1.807, 2.05) is 42.3 Å². The fourth-order valence-electron chi connectivity index (χ4n) is 2.21. The van der Waals surface area contributed by atoms with Gasteiger partial charge in [0, 0.05) is 33.3 Å². The maximum atomic E-state index is 12.2. The molecule has 1 heterocycles. The highest BCUT2D eigenvalue weighted by Gasteiger charge is 2.12. The van der Waals surface area contributed by atoms with Gasteiger partial charge < -0.3 is 4.90 Å². The summed E-state index contributed by atoms with van der Waals surface area (Å²) in [5.41, 5.74) is 0.464. The zero-order valence-electron chi connectivity index (χ0n) is 12.3. The van der Waals surface area contributed by atoms with E-state index in [0.717, 1.165) is 10.1 Å². The predicted octanol–water partition coefficient (Wildman–Crippen LogP) is 1.37. The van der Waals surface area contributed by atoms with Crippen molar-refractivity contribution >= 4 is 5.82 Å². The standard InChI is InChI=1S/C16H19N3O2/c1-4-10-19-14(11-15(20)18(3)16(19)21)17(2)12-13-8-6-5-7-9-13/h4-9,11H,1,10,12H2,2-3H3. The summed E-state index contributed by atoms with van der Waals surface area (Å²) in [6, 6.07) is 11.4. The molecule has 0 aliphatic rings. The summed E-state index contributed by atoms with van der Waals surface area (Å²) in [7, 11) is 3.34. The maximum absolute atomic E-state index is 12.2. The molecule has 0 N–H and O–H groups in total. The quantitative estimate of drug-likeness (QED) is 0.780. The highest BCUT2D eigenvalue weighted by atomic mass is 16.2. The lowest BCUT2D eigenvalue weighted by atomic mass is 10.2. The minimum Gasteiger partial charge on any atom is -0.356 e. The van der Waals surface area contributed by atoms with E-state index in [4.69, 9.17) is 0 Å². The first-order valence-electron chi connectivity index (χ1n) is 6.71. The van der Waals surface area contributed by atoms with Gasteiger partial charge in [-0.2, -0.15) is 0 Å². The molecule has 110 valence electrons. The third-order valence-electron chi connectivity index (χ3n) is 3.34.